The van der Waals surface area contributed by atoms with Crippen LogP contribution in [0.2, 0.25) is 0 Å². The van der Waals surface area contributed by atoms with Crippen LogP contribution in [0.1, 0.15) is 51.0 Å². The van der Waals surface area contributed by atoms with Crippen molar-refractivity contribution >= 4 is 0 Å². The Morgan fingerprint density at radius 3 is 2.42 bits per heavy atom. The average Bonchev–Trinajstić information content (AvgIpc) is 3.15. The summed E-state index contributed by atoms with van der Waals surface area (Å²) >= 11 is 0. The summed E-state index contributed by atoms with van der Waals surface area (Å²) in [4.78, 5) is 0. The van der Waals surface area contributed by atoms with Crippen molar-refractivity contribution < 1.29 is 4.74 Å². The minimum Gasteiger partial charge on any atom is -0.494 e. The van der Waals surface area contributed by atoms with E-state index in [1.54, 1.807) is 0 Å². The van der Waals surface area contributed by atoms with Gasteiger partial charge in [0.05, 0.1) is 6.61 Å². The van der Waals surface area contributed by atoms with Gasteiger partial charge in [0.15, 0.2) is 0 Å². The van der Waals surface area contributed by atoms with Crippen molar-refractivity contribution in [3.8, 4) is 5.75 Å². The largest absolute Gasteiger partial charge is 0.494 e. The van der Waals surface area contributed by atoms with Gasteiger partial charge in [-0.05, 0) is 50.3 Å². The molecule has 2 heteroatoms. The van der Waals surface area contributed by atoms with Crippen molar-refractivity contribution in [3.63, 3.8) is 0 Å². The van der Waals surface area contributed by atoms with Crippen LogP contribution in [0.5, 0.6) is 5.75 Å². The van der Waals surface area contributed by atoms with E-state index in [0.717, 1.165) is 24.9 Å². The first kappa shape index (κ1) is 13.0. The van der Waals surface area contributed by atoms with Crippen molar-refractivity contribution in [3.05, 3.63) is 29.8 Å². The average molecular weight is 259 g/mol. The van der Waals surface area contributed by atoms with Crippen molar-refractivity contribution in [2.75, 3.05) is 13.2 Å². The van der Waals surface area contributed by atoms with Crippen LogP contribution >= 0.6 is 0 Å². The molecule has 2 aliphatic carbocycles. The van der Waals surface area contributed by atoms with Gasteiger partial charge in [-0.25, -0.2) is 0 Å². The predicted octanol–water partition coefficient (Wildman–Crippen LogP) is 3.65. The van der Waals surface area contributed by atoms with Crippen LogP contribution < -0.4 is 10.1 Å². The molecule has 0 heterocycles. The molecule has 1 aromatic rings. The molecule has 0 aromatic heterocycles. The zero-order valence-corrected chi connectivity index (χ0v) is 12.0. The van der Waals surface area contributed by atoms with Crippen molar-refractivity contribution in [1.29, 1.82) is 0 Å². The molecule has 1 N–H and O–H groups in total. The lowest BCUT2D eigenvalue weighted by Gasteiger charge is -2.30. The van der Waals surface area contributed by atoms with E-state index in [1.165, 1.54) is 44.1 Å². The van der Waals surface area contributed by atoms with Gasteiger partial charge in [-0.2, -0.15) is 0 Å². The van der Waals surface area contributed by atoms with Crippen LogP contribution in [0.15, 0.2) is 24.3 Å². The second-order valence-electron chi connectivity index (χ2n) is 6.10. The fraction of sp³-hybridized carbons (Fsp3) is 0.647. The number of ether oxygens (including phenoxy) is 1. The molecular weight excluding hydrogens is 234 g/mol. The molecule has 0 unspecified atom stereocenters. The number of benzene rings is 1. The Morgan fingerprint density at radius 1 is 1.16 bits per heavy atom. The maximum Gasteiger partial charge on any atom is 0.119 e. The highest BCUT2D eigenvalue weighted by Gasteiger charge is 2.36. The Hall–Kier alpha value is -1.02. The zero-order valence-electron chi connectivity index (χ0n) is 12.0. The lowest BCUT2D eigenvalue weighted by molar-refractivity contribution is 0.339. The van der Waals surface area contributed by atoms with E-state index in [0.29, 0.717) is 5.41 Å². The molecule has 0 atom stereocenters. The Morgan fingerprint density at radius 2 is 1.84 bits per heavy atom. The number of nitrogens with one attached hydrogen (secondary N) is 1. The van der Waals surface area contributed by atoms with Gasteiger partial charge in [-0.15, -0.1) is 0 Å². The molecule has 2 saturated carbocycles. The first-order chi connectivity index (χ1) is 9.32. The normalized spacial score (nSPS) is 21.5. The minimum absolute atomic E-state index is 0.382. The topological polar surface area (TPSA) is 21.3 Å². The Bertz CT molecular complexity index is 402. The molecule has 3 rings (SSSR count). The monoisotopic (exact) mass is 259 g/mol. The molecular formula is C17H25NO. The van der Waals surface area contributed by atoms with Crippen LogP contribution in [-0.2, 0) is 5.41 Å². The van der Waals surface area contributed by atoms with E-state index in [1.807, 2.05) is 6.92 Å². The molecule has 2 nitrogen and oxygen atoms in total. The summed E-state index contributed by atoms with van der Waals surface area (Å²) in [6.45, 7) is 3.94. The highest BCUT2D eigenvalue weighted by atomic mass is 16.5. The summed E-state index contributed by atoms with van der Waals surface area (Å²) in [5.74, 6) is 0.995. The molecule has 0 radical (unpaired) electrons. The highest BCUT2D eigenvalue weighted by Crippen LogP contribution is 2.41. The van der Waals surface area contributed by atoms with Gasteiger partial charge in [0, 0.05) is 18.0 Å². The van der Waals surface area contributed by atoms with Crippen molar-refractivity contribution in [2.45, 2.75) is 56.9 Å². The van der Waals surface area contributed by atoms with Gasteiger partial charge in [0.2, 0.25) is 0 Å². The molecule has 1 aromatic carbocycles. The molecule has 104 valence electrons. The Labute approximate surface area is 116 Å². The lowest BCUT2D eigenvalue weighted by Crippen LogP contribution is -2.36. The summed E-state index contributed by atoms with van der Waals surface area (Å²) in [5, 5.41) is 3.75. The van der Waals surface area contributed by atoms with E-state index >= 15 is 0 Å². The van der Waals surface area contributed by atoms with Crippen LogP contribution in [-0.4, -0.2) is 19.2 Å². The maximum absolute atomic E-state index is 5.55. The summed E-state index contributed by atoms with van der Waals surface area (Å²) in [6.07, 6.45) is 8.17. The quantitative estimate of drug-likeness (QED) is 0.842. The van der Waals surface area contributed by atoms with E-state index in [9.17, 15) is 0 Å². The van der Waals surface area contributed by atoms with Crippen LogP contribution in [0, 0.1) is 0 Å². The van der Waals surface area contributed by atoms with Gasteiger partial charge in [0.1, 0.15) is 5.75 Å². The van der Waals surface area contributed by atoms with Gasteiger partial charge in [-0.1, -0.05) is 25.0 Å². The molecule has 0 spiro atoms. The number of hydrogen-bond acceptors (Lipinski definition) is 2. The second-order valence-corrected chi connectivity index (χ2v) is 6.10. The summed E-state index contributed by atoms with van der Waals surface area (Å²) in [7, 11) is 0. The first-order valence-corrected chi connectivity index (χ1v) is 7.79. The van der Waals surface area contributed by atoms with Gasteiger partial charge >= 0.3 is 0 Å². The van der Waals surface area contributed by atoms with Gasteiger partial charge in [-0.3, -0.25) is 0 Å². The molecule has 0 aliphatic heterocycles. The molecule has 19 heavy (non-hydrogen) atoms. The van der Waals surface area contributed by atoms with E-state index in [-0.39, 0.29) is 0 Å². The maximum atomic E-state index is 5.55. The molecule has 2 aliphatic rings. The van der Waals surface area contributed by atoms with E-state index < -0.39 is 0 Å². The SMILES string of the molecule is CCOc1ccc(C2(CNC3CC3)CCCC2)cc1. The highest BCUT2D eigenvalue weighted by molar-refractivity contribution is 5.33. The lowest BCUT2D eigenvalue weighted by atomic mass is 9.78. The summed E-state index contributed by atoms with van der Waals surface area (Å²) in [6, 6.07) is 9.64. The predicted molar refractivity (Wildman–Crippen MR) is 78.8 cm³/mol. The third kappa shape index (κ3) is 2.94. The van der Waals surface area contributed by atoms with Gasteiger partial charge in [0.25, 0.3) is 0 Å². The summed E-state index contributed by atoms with van der Waals surface area (Å²) < 4.78 is 5.55. The summed E-state index contributed by atoms with van der Waals surface area (Å²) in [5.41, 5.74) is 1.88. The minimum atomic E-state index is 0.382. The van der Waals surface area contributed by atoms with Crippen molar-refractivity contribution in [1.82, 2.24) is 5.32 Å². The first-order valence-electron chi connectivity index (χ1n) is 7.79. The standard InChI is InChI=1S/C17H25NO/c1-2-19-16-9-5-14(6-10-16)17(11-3-4-12-17)13-18-15-7-8-15/h5-6,9-10,15,18H,2-4,7-8,11-13H2,1H3. The molecule has 0 saturated heterocycles. The Balaban J connectivity index is 1.74. The van der Waals surface area contributed by atoms with Crippen LogP contribution in [0.3, 0.4) is 0 Å². The molecule has 2 fully saturated rings. The fourth-order valence-electron chi connectivity index (χ4n) is 3.32. The van der Waals surface area contributed by atoms with Crippen LogP contribution in [0.4, 0.5) is 0 Å². The third-order valence-electron chi connectivity index (χ3n) is 4.64. The number of rotatable bonds is 6. The smallest absolute Gasteiger partial charge is 0.119 e. The number of hydrogen-bond donors (Lipinski definition) is 1. The molecule has 0 bridgehead atoms. The zero-order chi connectivity index (χ0) is 13.1. The second kappa shape index (κ2) is 5.54. The fourth-order valence-corrected chi connectivity index (χ4v) is 3.32. The van der Waals surface area contributed by atoms with Crippen LogP contribution in [0.25, 0.3) is 0 Å². The third-order valence-corrected chi connectivity index (χ3v) is 4.64. The van der Waals surface area contributed by atoms with Crippen molar-refractivity contribution in [2.24, 2.45) is 0 Å². The molecule has 0 amide bonds. The van der Waals surface area contributed by atoms with Gasteiger partial charge < -0.3 is 10.1 Å². The Kier molecular flexibility index (Phi) is 3.79. The van der Waals surface area contributed by atoms with E-state index in [4.69, 9.17) is 4.74 Å². The van der Waals surface area contributed by atoms with E-state index in [2.05, 4.69) is 29.6 Å².